The molecule has 0 radical (unpaired) electrons. The molecule has 4 heteroatoms. The zero-order valence-corrected chi connectivity index (χ0v) is 11.1. The van der Waals surface area contributed by atoms with Gasteiger partial charge < -0.3 is 9.47 Å². The predicted molar refractivity (Wildman–Crippen MR) is 70.1 cm³/mol. The number of benzene rings is 2. The Hall–Kier alpha value is -1.55. The van der Waals surface area contributed by atoms with Gasteiger partial charge in [-0.2, -0.15) is 0 Å². The number of rotatable bonds is 3. The molecule has 0 aliphatic carbocycles. The number of aldehydes is 1. The first-order valence-electron chi connectivity index (χ1n) is 5.01. The Morgan fingerprint density at radius 1 is 1.00 bits per heavy atom. The molecule has 88 valence electrons. The Bertz CT molecular complexity index is 578. The SMILES string of the molecule is COc1ccc2c(C=O)c(OC)ccc2c1Br. The van der Waals surface area contributed by atoms with Crippen molar-refractivity contribution in [3.05, 3.63) is 34.3 Å². The summed E-state index contributed by atoms with van der Waals surface area (Å²) < 4.78 is 11.2. The highest BCUT2D eigenvalue weighted by atomic mass is 79.9. The number of ether oxygens (including phenoxy) is 2. The maximum absolute atomic E-state index is 11.1. The lowest BCUT2D eigenvalue weighted by atomic mass is 10.0. The van der Waals surface area contributed by atoms with Gasteiger partial charge in [0.2, 0.25) is 0 Å². The molecule has 2 aromatic carbocycles. The van der Waals surface area contributed by atoms with E-state index < -0.39 is 0 Å². The van der Waals surface area contributed by atoms with E-state index in [9.17, 15) is 4.79 Å². The predicted octanol–water partition coefficient (Wildman–Crippen LogP) is 3.43. The lowest BCUT2D eigenvalue weighted by Crippen LogP contribution is -1.93. The summed E-state index contributed by atoms with van der Waals surface area (Å²) >= 11 is 3.47. The molecule has 2 rings (SSSR count). The van der Waals surface area contributed by atoms with Crippen molar-refractivity contribution in [3.8, 4) is 11.5 Å². The van der Waals surface area contributed by atoms with Gasteiger partial charge in [-0.25, -0.2) is 0 Å². The molecule has 0 atom stereocenters. The molecule has 3 nitrogen and oxygen atoms in total. The minimum Gasteiger partial charge on any atom is -0.496 e. The fourth-order valence-corrected chi connectivity index (χ4v) is 2.45. The molecule has 0 aromatic heterocycles. The van der Waals surface area contributed by atoms with E-state index in [1.54, 1.807) is 20.3 Å². The van der Waals surface area contributed by atoms with Gasteiger partial charge in [0, 0.05) is 5.39 Å². The smallest absolute Gasteiger partial charge is 0.154 e. The topological polar surface area (TPSA) is 35.5 Å². The van der Waals surface area contributed by atoms with Crippen molar-refractivity contribution in [2.45, 2.75) is 0 Å². The monoisotopic (exact) mass is 294 g/mol. The molecule has 0 amide bonds. The summed E-state index contributed by atoms with van der Waals surface area (Å²) in [5.41, 5.74) is 0.549. The second kappa shape index (κ2) is 4.75. The number of hydrogen-bond acceptors (Lipinski definition) is 3. The van der Waals surface area contributed by atoms with E-state index in [4.69, 9.17) is 9.47 Å². The van der Waals surface area contributed by atoms with Crippen LogP contribution in [0.2, 0.25) is 0 Å². The molecule has 0 bridgehead atoms. The Morgan fingerprint density at radius 3 is 2.18 bits per heavy atom. The van der Waals surface area contributed by atoms with Crippen LogP contribution >= 0.6 is 15.9 Å². The Balaban J connectivity index is 2.83. The fraction of sp³-hybridized carbons (Fsp3) is 0.154. The molecule has 0 aliphatic rings. The highest BCUT2D eigenvalue weighted by Gasteiger charge is 2.11. The van der Waals surface area contributed by atoms with Crippen LogP contribution in [0.5, 0.6) is 11.5 Å². The molecule has 0 spiro atoms. The van der Waals surface area contributed by atoms with E-state index in [2.05, 4.69) is 15.9 Å². The van der Waals surface area contributed by atoms with E-state index in [1.807, 2.05) is 18.2 Å². The maximum Gasteiger partial charge on any atom is 0.154 e. The first-order valence-corrected chi connectivity index (χ1v) is 5.80. The summed E-state index contributed by atoms with van der Waals surface area (Å²) in [5, 5.41) is 1.76. The van der Waals surface area contributed by atoms with Crippen LogP contribution in [-0.2, 0) is 0 Å². The molecule has 0 heterocycles. The average Bonchev–Trinajstić information content (AvgIpc) is 2.37. The summed E-state index contributed by atoms with van der Waals surface area (Å²) in [6.45, 7) is 0. The number of hydrogen-bond donors (Lipinski definition) is 0. The first kappa shape index (κ1) is 11.9. The van der Waals surface area contributed by atoms with Crippen molar-refractivity contribution < 1.29 is 14.3 Å². The fourth-order valence-electron chi connectivity index (χ4n) is 1.81. The van der Waals surface area contributed by atoms with Crippen molar-refractivity contribution in [3.63, 3.8) is 0 Å². The second-order valence-corrected chi connectivity index (χ2v) is 4.27. The third-order valence-corrected chi connectivity index (χ3v) is 3.48. The minimum atomic E-state index is 0.549. The van der Waals surface area contributed by atoms with Crippen molar-refractivity contribution in [2.75, 3.05) is 14.2 Å². The number of carbonyl (C=O) groups is 1. The van der Waals surface area contributed by atoms with Crippen molar-refractivity contribution >= 4 is 33.0 Å². The summed E-state index contributed by atoms with van der Waals surface area (Å²) in [4.78, 5) is 11.1. The lowest BCUT2D eigenvalue weighted by Gasteiger charge is -2.10. The van der Waals surface area contributed by atoms with E-state index in [-0.39, 0.29) is 0 Å². The molecule has 0 unspecified atom stereocenters. The van der Waals surface area contributed by atoms with Gasteiger partial charge in [0.05, 0.1) is 24.3 Å². The molecule has 0 aliphatic heterocycles. The Kier molecular flexibility index (Phi) is 3.33. The van der Waals surface area contributed by atoms with Gasteiger partial charge in [-0.3, -0.25) is 4.79 Å². The quantitative estimate of drug-likeness (QED) is 0.814. The van der Waals surface area contributed by atoms with Gasteiger partial charge in [-0.1, -0.05) is 0 Å². The number of methoxy groups -OCH3 is 2. The van der Waals surface area contributed by atoms with Crippen LogP contribution in [0, 0.1) is 0 Å². The molecule has 0 N–H and O–H groups in total. The number of halogens is 1. The third-order valence-electron chi connectivity index (χ3n) is 2.66. The minimum absolute atomic E-state index is 0.549. The zero-order valence-electron chi connectivity index (χ0n) is 9.49. The summed E-state index contributed by atoms with van der Waals surface area (Å²) in [6, 6.07) is 7.34. The van der Waals surface area contributed by atoms with Crippen LogP contribution < -0.4 is 9.47 Å². The summed E-state index contributed by atoms with van der Waals surface area (Å²) in [5.74, 6) is 1.31. The summed E-state index contributed by atoms with van der Waals surface area (Å²) in [6.07, 6.45) is 0.806. The molecule has 17 heavy (non-hydrogen) atoms. The zero-order chi connectivity index (χ0) is 12.4. The molecule has 0 fully saturated rings. The number of fused-ring (bicyclic) bond motifs is 1. The molecular formula is C13H11BrO3. The Labute approximate surface area is 107 Å². The van der Waals surface area contributed by atoms with Crippen LogP contribution in [0.1, 0.15) is 10.4 Å². The van der Waals surface area contributed by atoms with Crippen LogP contribution in [0.3, 0.4) is 0 Å². The van der Waals surface area contributed by atoms with E-state index in [0.29, 0.717) is 11.3 Å². The van der Waals surface area contributed by atoms with Gasteiger partial charge in [0.1, 0.15) is 11.5 Å². The van der Waals surface area contributed by atoms with E-state index >= 15 is 0 Å². The maximum atomic E-state index is 11.1. The standard InChI is InChI=1S/C13H11BrO3/c1-16-11-5-4-9-8(10(11)7-15)3-6-12(17-2)13(9)14/h3-7H,1-2H3. The van der Waals surface area contributed by atoms with E-state index in [1.165, 1.54) is 0 Å². The van der Waals surface area contributed by atoms with Gasteiger partial charge in [0.25, 0.3) is 0 Å². The third kappa shape index (κ3) is 1.89. The first-order chi connectivity index (χ1) is 8.22. The van der Waals surface area contributed by atoms with E-state index in [0.717, 1.165) is 27.3 Å². The second-order valence-electron chi connectivity index (χ2n) is 3.48. The van der Waals surface area contributed by atoms with Gasteiger partial charge in [0.15, 0.2) is 6.29 Å². The van der Waals surface area contributed by atoms with Gasteiger partial charge >= 0.3 is 0 Å². The normalized spacial score (nSPS) is 10.3. The van der Waals surface area contributed by atoms with Crippen LogP contribution in [0.15, 0.2) is 28.7 Å². The van der Waals surface area contributed by atoms with Crippen LogP contribution in [0.4, 0.5) is 0 Å². The van der Waals surface area contributed by atoms with Crippen molar-refractivity contribution in [1.82, 2.24) is 0 Å². The molecular weight excluding hydrogens is 284 g/mol. The molecule has 0 saturated carbocycles. The summed E-state index contributed by atoms with van der Waals surface area (Å²) in [7, 11) is 3.16. The largest absolute Gasteiger partial charge is 0.496 e. The number of carbonyl (C=O) groups excluding carboxylic acids is 1. The highest BCUT2D eigenvalue weighted by Crippen LogP contribution is 2.36. The highest BCUT2D eigenvalue weighted by molar-refractivity contribution is 9.10. The van der Waals surface area contributed by atoms with Gasteiger partial charge in [-0.15, -0.1) is 0 Å². The van der Waals surface area contributed by atoms with Crippen LogP contribution in [0.25, 0.3) is 10.8 Å². The molecule has 0 saturated heterocycles. The van der Waals surface area contributed by atoms with Crippen molar-refractivity contribution in [1.29, 1.82) is 0 Å². The lowest BCUT2D eigenvalue weighted by molar-refractivity contribution is 0.112. The Morgan fingerprint density at radius 2 is 1.59 bits per heavy atom. The average molecular weight is 295 g/mol. The molecule has 2 aromatic rings. The van der Waals surface area contributed by atoms with Gasteiger partial charge in [-0.05, 0) is 45.6 Å². The van der Waals surface area contributed by atoms with Crippen LogP contribution in [-0.4, -0.2) is 20.5 Å². The van der Waals surface area contributed by atoms with Crippen molar-refractivity contribution in [2.24, 2.45) is 0 Å².